The molecule has 4 nitrogen and oxygen atoms in total. The van der Waals surface area contributed by atoms with Crippen molar-refractivity contribution in [1.82, 2.24) is 10.3 Å². The van der Waals surface area contributed by atoms with E-state index in [0.717, 1.165) is 22.7 Å². The highest BCUT2D eigenvalue weighted by atomic mass is 32.1. The minimum atomic E-state index is -0.264. The van der Waals surface area contributed by atoms with E-state index in [0.29, 0.717) is 19.8 Å². The molecule has 1 aromatic heterocycles. The van der Waals surface area contributed by atoms with Gasteiger partial charge in [-0.1, -0.05) is 0 Å². The third kappa shape index (κ3) is 3.46. The van der Waals surface area contributed by atoms with Crippen LogP contribution in [0.3, 0.4) is 0 Å². The molecule has 3 rings (SSSR count). The van der Waals surface area contributed by atoms with E-state index in [-0.39, 0.29) is 17.6 Å². The Morgan fingerprint density at radius 1 is 1.43 bits per heavy atom. The molecule has 0 saturated carbocycles. The minimum absolute atomic E-state index is 0.0195. The van der Waals surface area contributed by atoms with Crippen molar-refractivity contribution < 1.29 is 13.9 Å². The quantitative estimate of drug-likeness (QED) is 0.944. The fraction of sp³-hybridized carbons (Fsp3) is 0.333. The number of hydrogen-bond acceptors (Lipinski definition) is 4. The second-order valence-corrected chi connectivity index (χ2v) is 5.85. The lowest BCUT2D eigenvalue weighted by molar-refractivity contribution is -0.125. The number of halogens is 1. The molecule has 1 aliphatic rings. The standard InChI is InChI=1S/C15H15FN2O2S/c16-12-3-1-10(2-4-12)13-9-21-14(18-13)7-17-15(19)11-5-6-20-8-11/h1-4,9,11H,5-8H2,(H,17,19)/t11-/m0/s1. The van der Waals surface area contributed by atoms with Crippen LogP contribution in [0.5, 0.6) is 0 Å². The van der Waals surface area contributed by atoms with Gasteiger partial charge < -0.3 is 10.1 Å². The summed E-state index contributed by atoms with van der Waals surface area (Å²) in [5.41, 5.74) is 1.67. The molecule has 1 N–H and O–H groups in total. The summed E-state index contributed by atoms with van der Waals surface area (Å²) in [4.78, 5) is 16.3. The average Bonchev–Trinajstić information content (AvgIpc) is 3.17. The molecule has 1 aliphatic heterocycles. The Bertz CT molecular complexity index is 621. The molecule has 1 saturated heterocycles. The zero-order chi connectivity index (χ0) is 14.7. The Labute approximate surface area is 126 Å². The highest BCUT2D eigenvalue weighted by molar-refractivity contribution is 7.09. The van der Waals surface area contributed by atoms with Gasteiger partial charge in [-0.3, -0.25) is 4.79 Å². The molecule has 0 unspecified atom stereocenters. The molecule has 6 heteroatoms. The first-order valence-electron chi connectivity index (χ1n) is 6.78. The van der Waals surface area contributed by atoms with Crippen LogP contribution >= 0.6 is 11.3 Å². The lowest BCUT2D eigenvalue weighted by atomic mass is 10.1. The molecule has 2 aromatic rings. The number of thiazole rings is 1. The summed E-state index contributed by atoms with van der Waals surface area (Å²) in [6.45, 7) is 1.58. The van der Waals surface area contributed by atoms with Crippen LogP contribution in [-0.2, 0) is 16.1 Å². The molecule has 0 bridgehead atoms. The van der Waals surface area contributed by atoms with E-state index in [9.17, 15) is 9.18 Å². The molecule has 0 aliphatic carbocycles. The summed E-state index contributed by atoms with van der Waals surface area (Å²) < 4.78 is 18.1. The van der Waals surface area contributed by atoms with Crippen molar-refractivity contribution in [3.05, 3.63) is 40.5 Å². The highest BCUT2D eigenvalue weighted by Gasteiger charge is 2.23. The predicted molar refractivity (Wildman–Crippen MR) is 78.3 cm³/mol. The monoisotopic (exact) mass is 306 g/mol. The topological polar surface area (TPSA) is 51.2 Å². The fourth-order valence-electron chi connectivity index (χ4n) is 2.19. The van der Waals surface area contributed by atoms with E-state index in [1.54, 1.807) is 12.1 Å². The van der Waals surface area contributed by atoms with Crippen LogP contribution < -0.4 is 5.32 Å². The van der Waals surface area contributed by atoms with Crippen molar-refractivity contribution in [3.8, 4) is 11.3 Å². The molecule has 110 valence electrons. The SMILES string of the molecule is O=C(NCc1nc(-c2ccc(F)cc2)cs1)[C@H]1CCOC1. The van der Waals surface area contributed by atoms with E-state index in [2.05, 4.69) is 10.3 Å². The van der Waals surface area contributed by atoms with E-state index in [1.807, 2.05) is 5.38 Å². The molecule has 1 amide bonds. The number of rotatable bonds is 4. The Balaban J connectivity index is 1.60. The van der Waals surface area contributed by atoms with Gasteiger partial charge in [0, 0.05) is 17.6 Å². The first kappa shape index (κ1) is 14.2. The summed E-state index contributed by atoms with van der Waals surface area (Å²) in [6.07, 6.45) is 0.782. The lowest BCUT2D eigenvalue weighted by Crippen LogP contribution is -2.30. The van der Waals surface area contributed by atoms with Gasteiger partial charge >= 0.3 is 0 Å². The maximum Gasteiger partial charge on any atom is 0.225 e. The summed E-state index contributed by atoms with van der Waals surface area (Å²) >= 11 is 1.48. The smallest absolute Gasteiger partial charge is 0.225 e. The maximum absolute atomic E-state index is 12.9. The zero-order valence-corrected chi connectivity index (χ0v) is 12.2. The fourth-order valence-corrected chi connectivity index (χ4v) is 2.94. The number of hydrogen-bond donors (Lipinski definition) is 1. The van der Waals surface area contributed by atoms with Crippen molar-refractivity contribution >= 4 is 17.2 Å². The number of benzene rings is 1. The second kappa shape index (κ2) is 6.32. The van der Waals surface area contributed by atoms with Crippen molar-refractivity contribution in [2.75, 3.05) is 13.2 Å². The third-order valence-electron chi connectivity index (χ3n) is 3.41. The van der Waals surface area contributed by atoms with Gasteiger partial charge in [-0.2, -0.15) is 0 Å². The summed E-state index contributed by atoms with van der Waals surface area (Å²) in [6, 6.07) is 6.22. The Morgan fingerprint density at radius 3 is 2.95 bits per heavy atom. The van der Waals surface area contributed by atoms with Gasteiger partial charge in [0.15, 0.2) is 0 Å². The highest BCUT2D eigenvalue weighted by Crippen LogP contribution is 2.22. The van der Waals surface area contributed by atoms with E-state index >= 15 is 0 Å². The van der Waals surface area contributed by atoms with Crippen molar-refractivity contribution in [2.45, 2.75) is 13.0 Å². The Hall–Kier alpha value is -1.79. The lowest BCUT2D eigenvalue weighted by Gasteiger charge is -2.07. The van der Waals surface area contributed by atoms with Crippen molar-refractivity contribution in [1.29, 1.82) is 0 Å². The number of aromatic nitrogens is 1. The van der Waals surface area contributed by atoms with E-state index in [4.69, 9.17) is 4.74 Å². The number of ether oxygens (including phenoxy) is 1. The van der Waals surface area contributed by atoms with Gasteiger partial charge in [0.2, 0.25) is 5.91 Å². The molecular weight excluding hydrogens is 291 g/mol. The van der Waals surface area contributed by atoms with Crippen LogP contribution in [-0.4, -0.2) is 24.1 Å². The summed E-state index contributed by atoms with van der Waals surface area (Å²) in [7, 11) is 0. The van der Waals surface area contributed by atoms with Crippen LogP contribution in [0.15, 0.2) is 29.6 Å². The van der Waals surface area contributed by atoms with E-state index in [1.165, 1.54) is 23.5 Å². The summed E-state index contributed by atoms with van der Waals surface area (Å²) in [5.74, 6) is -0.284. The number of amides is 1. The van der Waals surface area contributed by atoms with Crippen LogP contribution in [0.2, 0.25) is 0 Å². The number of carbonyl (C=O) groups excluding carboxylic acids is 1. The van der Waals surface area contributed by atoms with Gasteiger partial charge in [0.05, 0.1) is 24.8 Å². The van der Waals surface area contributed by atoms with Gasteiger partial charge in [-0.25, -0.2) is 9.37 Å². The van der Waals surface area contributed by atoms with Crippen molar-refractivity contribution in [2.24, 2.45) is 5.92 Å². The van der Waals surface area contributed by atoms with Crippen LogP contribution in [0, 0.1) is 11.7 Å². The number of carbonyl (C=O) groups is 1. The Kier molecular flexibility index (Phi) is 4.26. The molecule has 1 fully saturated rings. The summed E-state index contributed by atoms with van der Waals surface area (Å²) in [5, 5.41) is 5.63. The number of nitrogens with one attached hydrogen (secondary N) is 1. The van der Waals surface area contributed by atoms with Crippen LogP contribution in [0.1, 0.15) is 11.4 Å². The van der Waals surface area contributed by atoms with Gasteiger partial charge in [0.1, 0.15) is 10.8 Å². The zero-order valence-electron chi connectivity index (χ0n) is 11.3. The number of nitrogens with zero attached hydrogens (tertiary/aromatic N) is 1. The normalized spacial score (nSPS) is 17.9. The van der Waals surface area contributed by atoms with Gasteiger partial charge in [0.25, 0.3) is 0 Å². The molecule has 21 heavy (non-hydrogen) atoms. The largest absolute Gasteiger partial charge is 0.381 e. The predicted octanol–water partition coefficient (Wildman–Crippen LogP) is 2.60. The maximum atomic E-state index is 12.9. The first-order valence-corrected chi connectivity index (χ1v) is 7.66. The van der Waals surface area contributed by atoms with Crippen LogP contribution in [0.25, 0.3) is 11.3 Å². The van der Waals surface area contributed by atoms with Crippen molar-refractivity contribution in [3.63, 3.8) is 0 Å². The molecule has 0 radical (unpaired) electrons. The molecule has 0 spiro atoms. The van der Waals surface area contributed by atoms with E-state index < -0.39 is 0 Å². The third-order valence-corrected chi connectivity index (χ3v) is 4.25. The average molecular weight is 306 g/mol. The second-order valence-electron chi connectivity index (χ2n) is 4.91. The first-order chi connectivity index (χ1) is 10.2. The van der Waals surface area contributed by atoms with Gasteiger partial charge in [-0.05, 0) is 30.7 Å². The Morgan fingerprint density at radius 2 is 2.24 bits per heavy atom. The minimum Gasteiger partial charge on any atom is -0.381 e. The molecule has 1 aromatic carbocycles. The molecule has 1 atom stereocenters. The molecular formula is C15H15FN2O2S. The van der Waals surface area contributed by atoms with Gasteiger partial charge in [-0.15, -0.1) is 11.3 Å². The van der Waals surface area contributed by atoms with Crippen LogP contribution in [0.4, 0.5) is 4.39 Å². The molecule has 2 heterocycles.